The first-order chi connectivity index (χ1) is 19.5. The van der Waals surface area contributed by atoms with E-state index in [1.54, 1.807) is 12.1 Å². The van der Waals surface area contributed by atoms with E-state index in [-0.39, 0.29) is 6.54 Å². The molecular formula is C29H32ClN5O5S. The molecule has 0 aliphatic heterocycles. The Kier molecular flexibility index (Phi) is 8.10. The molecule has 1 fully saturated rings. The van der Waals surface area contributed by atoms with Crippen molar-refractivity contribution in [2.24, 2.45) is 5.92 Å². The van der Waals surface area contributed by atoms with Crippen LogP contribution in [0.25, 0.3) is 11.0 Å². The maximum Gasteiger partial charge on any atom is 0.240 e. The van der Waals surface area contributed by atoms with Gasteiger partial charge in [-0.15, -0.1) is 0 Å². The molecule has 0 bridgehead atoms. The average molecular weight is 598 g/mol. The van der Waals surface area contributed by atoms with Crippen LogP contribution in [0.15, 0.2) is 61.1 Å². The summed E-state index contributed by atoms with van der Waals surface area (Å²) < 4.78 is 36.2. The maximum atomic E-state index is 12.5. The molecule has 10 nitrogen and oxygen atoms in total. The zero-order valence-corrected chi connectivity index (χ0v) is 24.6. The fourth-order valence-electron chi connectivity index (χ4n) is 4.03. The number of sulfone groups is 1. The van der Waals surface area contributed by atoms with Gasteiger partial charge in [0.05, 0.1) is 17.1 Å². The first-order valence-electron chi connectivity index (χ1n) is 13.3. The molecule has 2 aromatic heterocycles. The molecule has 0 spiro atoms. The second-order valence-corrected chi connectivity index (χ2v) is 13.6. The summed E-state index contributed by atoms with van der Waals surface area (Å²) in [6.45, 7) is 4.11. The molecule has 2 heterocycles. The highest BCUT2D eigenvalue weighted by Crippen LogP contribution is 2.35. The van der Waals surface area contributed by atoms with Gasteiger partial charge in [-0.25, -0.2) is 18.4 Å². The SMILES string of the molecule is CC(C)(C(=O)NCCn1ccc2ncnc(Nc3ccc(Oc4cccc(OCC5CC5)c4)c(Cl)c3)c21)S(C)(=O)=O. The van der Waals surface area contributed by atoms with Crippen LogP contribution >= 0.6 is 11.6 Å². The standard InChI is InChI=1S/C29H32ClN5O5S/c1-29(2,41(3,37)38)28(36)31-12-14-35-13-11-24-26(35)27(33-18-32-24)34-20-9-10-25(23(30)15-20)40-22-6-4-5-21(16-22)39-17-19-7-8-19/h4-6,9-11,13,15-16,18-19H,7-8,12,14,17H2,1-3H3,(H,31,36)(H,32,33,34). The lowest BCUT2D eigenvalue weighted by Gasteiger charge is -2.21. The van der Waals surface area contributed by atoms with Gasteiger partial charge in [-0.1, -0.05) is 17.7 Å². The van der Waals surface area contributed by atoms with Crippen molar-refractivity contribution in [1.29, 1.82) is 0 Å². The molecule has 2 aromatic carbocycles. The van der Waals surface area contributed by atoms with Gasteiger partial charge in [0.2, 0.25) is 5.91 Å². The number of aromatic nitrogens is 3. The zero-order valence-electron chi connectivity index (χ0n) is 23.1. The van der Waals surface area contributed by atoms with Crippen LogP contribution in [0, 0.1) is 5.92 Å². The number of benzene rings is 2. The van der Waals surface area contributed by atoms with Crippen molar-refractivity contribution in [3.05, 3.63) is 66.1 Å². The van der Waals surface area contributed by atoms with Crippen LogP contribution in [0.1, 0.15) is 26.7 Å². The molecule has 0 atom stereocenters. The van der Waals surface area contributed by atoms with Gasteiger partial charge in [-0.3, -0.25) is 4.79 Å². The van der Waals surface area contributed by atoms with Crippen molar-refractivity contribution in [1.82, 2.24) is 19.9 Å². The molecule has 1 amide bonds. The minimum Gasteiger partial charge on any atom is -0.493 e. The Morgan fingerprint density at radius 1 is 1.12 bits per heavy atom. The number of nitrogens with zero attached hydrogens (tertiary/aromatic N) is 3. The van der Waals surface area contributed by atoms with Crippen molar-refractivity contribution in [2.75, 3.05) is 24.7 Å². The van der Waals surface area contributed by atoms with Gasteiger partial charge < -0.3 is 24.7 Å². The fraction of sp³-hybridized carbons (Fsp3) is 0.345. The van der Waals surface area contributed by atoms with Crippen LogP contribution in [0.5, 0.6) is 17.2 Å². The van der Waals surface area contributed by atoms with Crippen molar-refractivity contribution in [3.8, 4) is 17.2 Å². The van der Waals surface area contributed by atoms with Crippen molar-refractivity contribution in [2.45, 2.75) is 38.0 Å². The van der Waals surface area contributed by atoms with Crippen molar-refractivity contribution in [3.63, 3.8) is 0 Å². The van der Waals surface area contributed by atoms with Gasteiger partial charge in [0, 0.05) is 37.3 Å². The maximum absolute atomic E-state index is 12.5. The first-order valence-corrected chi connectivity index (χ1v) is 15.5. The minimum absolute atomic E-state index is 0.223. The van der Waals surface area contributed by atoms with Gasteiger partial charge in [0.15, 0.2) is 15.7 Å². The molecule has 1 saturated carbocycles. The second-order valence-electron chi connectivity index (χ2n) is 10.6. The molecule has 0 unspecified atom stereocenters. The van der Waals surface area contributed by atoms with E-state index in [9.17, 15) is 13.2 Å². The molecule has 4 aromatic rings. The van der Waals surface area contributed by atoms with Gasteiger partial charge in [-0.05, 0) is 69.0 Å². The highest BCUT2D eigenvalue weighted by molar-refractivity contribution is 7.92. The fourth-order valence-corrected chi connectivity index (χ4v) is 4.66. The Balaban J connectivity index is 1.26. The van der Waals surface area contributed by atoms with Crippen LogP contribution in [-0.4, -0.2) is 53.0 Å². The summed E-state index contributed by atoms with van der Waals surface area (Å²) in [7, 11) is -3.57. The van der Waals surface area contributed by atoms with Crippen LogP contribution in [0.3, 0.4) is 0 Å². The van der Waals surface area contributed by atoms with E-state index in [0.29, 0.717) is 46.0 Å². The highest BCUT2D eigenvalue weighted by atomic mass is 35.5. The summed E-state index contributed by atoms with van der Waals surface area (Å²) in [6, 6.07) is 14.7. The number of nitrogens with one attached hydrogen (secondary N) is 2. The molecule has 0 radical (unpaired) electrons. The zero-order chi connectivity index (χ0) is 29.2. The summed E-state index contributed by atoms with van der Waals surface area (Å²) >= 11 is 6.57. The molecule has 1 aliphatic rings. The Morgan fingerprint density at radius 3 is 2.63 bits per heavy atom. The molecule has 12 heteroatoms. The van der Waals surface area contributed by atoms with E-state index in [2.05, 4.69) is 20.6 Å². The topological polar surface area (TPSA) is 124 Å². The predicted octanol–water partition coefficient (Wildman–Crippen LogP) is 5.35. The summed E-state index contributed by atoms with van der Waals surface area (Å²) in [5.41, 5.74) is 2.13. The number of fused-ring (bicyclic) bond motifs is 1. The third-order valence-corrected chi connectivity index (χ3v) is 9.41. The number of amides is 1. The number of carbonyl (C=O) groups is 1. The van der Waals surface area contributed by atoms with Gasteiger partial charge in [0.1, 0.15) is 33.8 Å². The number of carbonyl (C=O) groups excluding carboxylic acids is 1. The Labute approximate surface area is 244 Å². The van der Waals surface area contributed by atoms with Crippen LogP contribution in [0.4, 0.5) is 11.5 Å². The quantitative estimate of drug-likeness (QED) is 0.224. The number of rotatable bonds is 12. The molecule has 0 saturated heterocycles. The second kappa shape index (κ2) is 11.6. The van der Waals surface area contributed by atoms with Crippen molar-refractivity contribution >= 4 is 49.9 Å². The minimum atomic E-state index is -3.57. The first kappa shape index (κ1) is 28.7. The molecule has 1 aliphatic carbocycles. The monoisotopic (exact) mass is 597 g/mol. The highest BCUT2D eigenvalue weighted by Gasteiger charge is 2.38. The van der Waals surface area contributed by atoms with Crippen LogP contribution < -0.4 is 20.1 Å². The van der Waals surface area contributed by atoms with E-state index in [0.717, 1.165) is 24.1 Å². The van der Waals surface area contributed by atoms with E-state index in [1.165, 1.54) is 33.0 Å². The molecule has 216 valence electrons. The normalized spacial score (nSPS) is 13.7. The Hall–Kier alpha value is -3.83. The predicted molar refractivity (Wildman–Crippen MR) is 159 cm³/mol. The molecule has 41 heavy (non-hydrogen) atoms. The smallest absolute Gasteiger partial charge is 0.240 e. The molecular weight excluding hydrogens is 566 g/mol. The summed E-state index contributed by atoms with van der Waals surface area (Å²) in [5, 5.41) is 6.42. The summed E-state index contributed by atoms with van der Waals surface area (Å²) in [5.74, 6) is 2.55. The summed E-state index contributed by atoms with van der Waals surface area (Å²) in [4.78, 5) is 21.2. The third kappa shape index (κ3) is 6.74. The Bertz CT molecular complexity index is 1680. The number of hydrogen-bond acceptors (Lipinski definition) is 8. The number of hydrogen-bond donors (Lipinski definition) is 2. The number of halogens is 1. The lowest BCUT2D eigenvalue weighted by molar-refractivity contribution is -0.122. The van der Waals surface area contributed by atoms with Crippen molar-refractivity contribution < 1.29 is 22.7 Å². The number of ether oxygens (including phenoxy) is 2. The van der Waals surface area contributed by atoms with E-state index in [4.69, 9.17) is 21.1 Å². The molecule has 2 N–H and O–H groups in total. The van der Waals surface area contributed by atoms with Gasteiger partial charge >= 0.3 is 0 Å². The largest absolute Gasteiger partial charge is 0.493 e. The van der Waals surface area contributed by atoms with E-state index in [1.807, 2.05) is 47.2 Å². The van der Waals surface area contributed by atoms with E-state index >= 15 is 0 Å². The lowest BCUT2D eigenvalue weighted by atomic mass is 10.2. The molecule has 5 rings (SSSR count). The Morgan fingerprint density at radius 2 is 1.90 bits per heavy atom. The van der Waals surface area contributed by atoms with Crippen LogP contribution in [-0.2, 0) is 21.2 Å². The average Bonchev–Trinajstić information content (AvgIpc) is 3.67. The lowest BCUT2D eigenvalue weighted by Crippen LogP contribution is -2.48. The van der Waals surface area contributed by atoms with Crippen LogP contribution in [0.2, 0.25) is 5.02 Å². The van der Waals surface area contributed by atoms with E-state index < -0.39 is 20.5 Å². The summed E-state index contributed by atoms with van der Waals surface area (Å²) in [6.07, 6.45) is 6.80. The third-order valence-electron chi connectivity index (χ3n) is 7.07. The van der Waals surface area contributed by atoms with Gasteiger partial charge in [-0.2, -0.15) is 0 Å². The van der Waals surface area contributed by atoms with Gasteiger partial charge in [0.25, 0.3) is 0 Å². The number of anilines is 2.